The first kappa shape index (κ1) is 28.1. The highest BCUT2D eigenvalue weighted by Gasteiger charge is 2.27. The number of carbonyl (C=O) groups is 2. The van der Waals surface area contributed by atoms with Crippen molar-refractivity contribution < 1.29 is 18.4 Å². The van der Waals surface area contributed by atoms with E-state index in [1.165, 1.54) is 6.07 Å². The van der Waals surface area contributed by atoms with Gasteiger partial charge in [-0.2, -0.15) is 0 Å². The number of rotatable bonds is 8. The number of thioether (sulfide) groups is 1. The molecule has 0 saturated carbocycles. The van der Waals surface area contributed by atoms with E-state index in [0.29, 0.717) is 29.0 Å². The van der Waals surface area contributed by atoms with Gasteiger partial charge >= 0.3 is 0 Å². The molecule has 0 atom stereocenters. The van der Waals surface area contributed by atoms with Crippen molar-refractivity contribution >= 4 is 46.4 Å². The lowest BCUT2D eigenvalue weighted by Gasteiger charge is -2.32. The van der Waals surface area contributed by atoms with Crippen LogP contribution in [0.15, 0.2) is 51.4 Å². The molecule has 2 fully saturated rings. The van der Waals surface area contributed by atoms with E-state index in [0.717, 1.165) is 72.9 Å². The molecule has 4 rings (SSSR count). The van der Waals surface area contributed by atoms with Crippen LogP contribution in [0.5, 0.6) is 0 Å². The zero-order valence-corrected chi connectivity index (χ0v) is 22.9. The van der Waals surface area contributed by atoms with Crippen LogP contribution in [0, 0.1) is 5.92 Å². The van der Waals surface area contributed by atoms with Crippen molar-refractivity contribution in [1.82, 2.24) is 20.5 Å². The normalized spacial score (nSPS) is 18.7. The second kappa shape index (κ2) is 12.7. The lowest BCUT2D eigenvalue weighted by Crippen LogP contribution is -2.40. The third-order valence-corrected chi connectivity index (χ3v) is 8.31. The molecule has 0 spiro atoms. The zero-order chi connectivity index (χ0) is 27.1. The Balaban J connectivity index is 1.25. The molecule has 2 aromatic rings. The van der Waals surface area contributed by atoms with Crippen LogP contribution in [0.4, 0.5) is 13.6 Å². The highest BCUT2D eigenvalue weighted by Crippen LogP contribution is 2.36. The number of aliphatic imine (C=N–C) groups is 2. The van der Waals surface area contributed by atoms with Gasteiger partial charge in [0.1, 0.15) is 0 Å². The summed E-state index contributed by atoms with van der Waals surface area (Å²) in [5.41, 5.74) is 1.76. The quantitative estimate of drug-likeness (QED) is 0.267. The van der Waals surface area contributed by atoms with Gasteiger partial charge in [-0.25, -0.2) is 18.8 Å². The average molecular weight is 561 g/mol. The van der Waals surface area contributed by atoms with Gasteiger partial charge in [0, 0.05) is 39.0 Å². The third-order valence-electron chi connectivity index (χ3n) is 6.17. The Morgan fingerprint density at radius 2 is 2.08 bits per heavy atom. The number of aromatic nitrogens is 1. The fourth-order valence-corrected chi connectivity index (χ4v) is 5.75. The van der Waals surface area contributed by atoms with Crippen LogP contribution in [-0.2, 0) is 17.3 Å². The fourth-order valence-electron chi connectivity index (χ4n) is 4.20. The summed E-state index contributed by atoms with van der Waals surface area (Å²) in [7, 11) is 0. The van der Waals surface area contributed by atoms with Crippen molar-refractivity contribution in [2.45, 2.75) is 39.2 Å². The maximum atomic E-state index is 13.6. The van der Waals surface area contributed by atoms with E-state index in [-0.39, 0.29) is 22.6 Å². The third kappa shape index (κ3) is 7.55. The molecule has 8 nitrogen and oxygen atoms in total. The lowest BCUT2D eigenvalue weighted by atomic mass is 9.97. The van der Waals surface area contributed by atoms with Crippen LogP contribution in [0.3, 0.4) is 0 Å². The number of alkyl halides is 2. The van der Waals surface area contributed by atoms with E-state index < -0.39 is 5.92 Å². The van der Waals surface area contributed by atoms with Gasteiger partial charge in [-0.1, -0.05) is 0 Å². The molecule has 2 aliphatic heterocycles. The predicted molar refractivity (Wildman–Crippen MR) is 149 cm³/mol. The molecule has 2 aromatic heterocycles. The first-order chi connectivity index (χ1) is 18.2. The highest BCUT2D eigenvalue weighted by molar-refractivity contribution is 8.18. The maximum Gasteiger partial charge on any atom is 0.290 e. The van der Waals surface area contributed by atoms with Gasteiger partial charge in [-0.05, 0) is 79.9 Å². The number of guanidine groups is 1. The summed E-state index contributed by atoms with van der Waals surface area (Å²) < 4.78 is 27.2. The molecule has 2 amide bonds. The number of nitrogens with one attached hydrogen (secondary N) is 2. The van der Waals surface area contributed by atoms with Crippen molar-refractivity contribution in [2.75, 3.05) is 26.2 Å². The number of thiophene rings is 1. The van der Waals surface area contributed by atoms with Gasteiger partial charge in [0.25, 0.3) is 17.1 Å². The second-order valence-corrected chi connectivity index (χ2v) is 11.2. The molecule has 0 aromatic carbocycles. The van der Waals surface area contributed by atoms with Crippen molar-refractivity contribution in [3.63, 3.8) is 0 Å². The second-order valence-electron chi connectivity index (χ2n) is 9.10. The van der Waals surface area contributed by atoms with Crippen molar-refractivity contribution in [3.8, 4) is 10.6 Å². The highest BCUT2D eigenvalue weighted by atomic mass is 32.2. The van der Waals surface area contributed by atoms with Crippen LogP contribution in [-0.4, -0.2) is 59.4 Å². The standard InChI is InChI=1S/C26H30F2N6O2S2/c1-3-30-24(32-11-7-21-23(35)33-25(36)38-21)34-12-8-17(9-13-34)15-29-16-18-6-10-31-19(14-18)20-4-5-22(37-20)26(2,27)28/h3-7,10,14,17,29H,8-9,11-13,15-16H2,1-2H3,(H,33,35,36)/b21-7-,30-3-,32-24+. The zero-order valence-electron chi connectivity index (χ0n) is 21.2. The van der Waals surface area contributed by atoms with Crippen LogP contribution in [0.2, 0.25) is 0 Å². The lowest BCUT2D eigenvalue weighted by molar-refractivity contribution is -0.115. The number of hydrogen-bond acceptors (Lipinski definition) is 7. The minimum absolute atomic E-state index is 0.0377. The Morgan fingerprint density at radius 1 is 1.29 bits per heavy atom. The Kier molecular flexibility index (Phi) is 9.40. The number of pyridine rings is 1. The van der Waals surface area contributed by atoms with Gasteiger partial charge < -0.3 is 10.2 Å². The molecule has 0 unspecified atom stereocenters. The summed E-state index contributed by atoms with van der Waals surface area (Å²) >= 11 is 1.96. The van der Waals surface area contributed by atoms with E-state index >= 15 is 0 Å². The summed E-state index contributed by atoms with van der Waals surface area (Å²) in [6.45, 7) is 6.22. The molecule has 2 saturated heterocycles. The number of amides is 2. The Bertz CT molecular complexity index is 1250. The van der Waals surface area contributed by atoms with Gasteiger partial charge in [0.15, 0.2) is 0 Å². The smallest absolute Gasteiger partial charge is 0.290 e. The minimum Gasteiger partial charge on any atom is -0.341 e. The Morgan fingerprint density at radius 3 is 2.74 bits per heavy atom. The number of carbonyl (C=O) groups excluding carboxylic acids is 2. The molecule has 0 radical (unpaired) electrons. The number of hydrogen-bond donors (Lipinski definition) is 2. The van der Waals surface area contributed by atoms with Crippen LogP contribution in [0.25, 0.3) is 10.6 Å². The van der Waals surface area contributed by atoms with Crippen LogP contribution in [0.1, 0.15) is 37.1 Å². The SMILES string of the molecule is C/C=N\C(=N/C/C=C1\SC(=O)NC1=O)N1CCC(CNCc2ccnc(-c3ccc(C(C)(F)F)s3)c2)CC1. The van der Waals surface area contributed by atoms with Crippen molar-refractivity contribution in [1.29, 1.82) is 0 Å². The Hall–Kier alpha value is -2.96. The summed E-state index contributed by atoms with van der Waals surface area (Å²) in [6.07, 6.45) is 7.05. The number of halogens is 2. The van der Waals surface area contributed by atoms with E-state index in [1.807, 2.05) is 19.1 Å². The Labute approximate surface area is 228 Å². The molecule has 2 N–H and O–H groups in total. The van der Waals surface area contributed by atoms with Crippen LogP contribution >= 0.6 is 23.1 Å². The minimum atomic E-state index is -2.85. The molecule has 0 aliphatic carbocycles. The largest absolute Gasteiger partial charge is 0.341 e. The summed E-state index contributed by atoms with van der Waals surface area (Å²) in [5.74, 6) is -2.09. The maximum absolute atomic E-state index is 13.6. The molecule has 4 heterocycles. The first-order valence-corrected chi connectivity index (χ1v) is 14.0. The first-order valence-electron chi connectivity index (χ1n) is 12.4. The fraction of sp³-hybridized carbons (Fsp3) is 0.423. The van der Waals surface area contributed by atoms with E-state index in [9.17, 15) is 18.4 Å². The number of likely N-dealkylation sites (tertiary alicyclic amines) is 1. The average Bonchev–Trinajstić information content (AvgIpc) is 3.51. The summed E-state index contributed by atoms with van der Waals surface area (Å²) in [6, 6.07) is 7.05. The monoisotopic (exact) mass is 560 g/mol. The van der Waals surface area contributed by atoms with Gasteiger partial charge in [0.05, 0.1) is 26.9 Å². The molecule has 0 bridgehead atoms. The summed E-state index contributed by atoms with van der Waals surface area (Å²) in [5, 5.41) is 5.40. The molecule has 202 valence electrons. The van der Waals surface area contributed by atoms with E-state index in [2.05, 4.69) is 30.5 Å². The van der Waals surface area contributed by atoms with Crippen LogP contribution < -0.4 is 10.6 Å². The number of nitrogens with zero attached hydrogens (tertiary/aromatic N) is 4. The van der Waals surface area contributed by atoms with Gasteiger partial charge in [-0.15, -0.1) is 11.3 Å². The van der Waals surface area contributed by atoms with E-state index in [4.69, 9.17) is 0 Å². The predicted octanol–water partition coefficient (Wildman–Crippen LogP) is 5.04. The topological polar surface area (TPSA) is 99.0 Å². The van der Waals surface area contributed by atoms with Crippen molar-refractivity contribution in [2.24, 2.45) is 15.9 Å². The van der Waals surface area contributed by atoms with E-state index in [1.54, 1.807) is 24.6 Å². The molecule has 38 heavy (non-hydrogen) atoms. The summed E-state index contributed by atoms with van der Waals surface area (Å²) in [4.78, 5) is 39.6. The number of imide groups is 1. The number of piperidine rings is 1. The van der Waals surface area contributed by atoms with Gasteiger partial charge in [0.2, 0.25) is 5.96 Å². The molecular formula is C26H30F2N6O2S2. The molecule has 2 aliphatic rings. The molecular weight excluding hydrogens is 530 g/mol. The van der Waals surface area contributed by atoms with Crippen molar-refractivity contribution in [3.05, 3.63) is 51.9 Å². The van der Waals surface area contributed by atoms with Gasteiger partial charge in [-0.3, -0.25) is 19.9 Å². The molecule has 12 heteroatoms.